The summed E-state index contributed by atoms with van der Waals surface area (Å²) < 4.78 is 0. The molecule has 1 aromatic heterocycles. The second-order valence-corrected chi connectivity index (χ2v) is 6.26. The molecule has 1 atom stereocenters. The van der Waals surface area contributed by atoms with Crippen LogP contribution in [0.4, 0.5) is 5.82 Å². The van der Waals surface area contributed by atoms with Crippen LogP contribution in [0.2, 0.25) is 0 Å². The van der Waals surface area contributed by atoms with Crippen LogP contribution < -0.4 is 4.90 Å². The van der Waals surface area contributed by atoms with Crippen LogP contribution in [0.3, 0.4) is 0 Å². The van der Waals surface area contributed by atoms with E-state index in [1.807, 2.05) is 13.8 Å². The highest BCUT2D eigenvalue weighted by molar-refractivity contribution is 5.77. The van der Waals surface area contributed by atoms with Crippen LogP contribution in [-0.2, 0) is 17.6 Å². The summed E-state index contributed by atoms with van der Waals surface area (Å²) >= 11 is 0. The van der Waals surface area contributed by atoms with Gasteiger partial charge in [-0.2, -0.15) is 0 Å². The number of carbonyl (C=O) groups is 1. The Labute approximate surface area is 119 Å². The third kappa shape index (κ3) is 1.87. The smallest absolute Gasteiger partial charge is 0.311 e. The molecule has 1 N–H and O–H groups in total. The molecule has 1 fully saturated rings. The van der Waals surface area contributed by atoms with Gasteiger partial charge in [0, 0.05) is 24.3 Å². The van der Waals surface area contributed by atoms with Crippen molar-refractivity contribution < 1.29 is 9.90 Å². The molecule has 1 aliphatic heterocycles. The summed E-state index contributed by atoms with van der Waals surface area (Å²) in [6.45, 7) is 5.33. The predicted octanol–water partition coefficient (Wildman–Crippen LogP) is 1.90. The van der Waals surface area contributed by atoms with E-state index >= 15 is 0 Å². The maximum Gasteiger partial charge on any atom is 0.311 e. The zero-order valence-electron chi connectivity index (χ0n) is 12.1. The van der Waals surface area contributed by atoms with Gasteiger partial charge in [0.15, 0.2) is 0 Å². The Kier molecular flexibility index (Phi) is 3.15. The number of aliphatic carboxylic acids is 1. The third-order valence-corrected chi connectivity index (χ3v) is 4.98. The molecule has 1 unspecified atom stereocenters. The summed E-state index contributed by atoms with van der Waals surface area (Å²) in [5.41, 5.74) is 1.74. The van der Waals surface area contributed by atoms with Gasteiger partial charge in [-0.25, -0.2) is 9.97 Å². The van der Waals surface area contributed by atoms with Crippen molar-refractivity contribution in [3.05, 3.63) is 17.6 Å². The summed E-state index contributed by atoms with van der Waals surface area (Å²) in [5.74, 6) is 0.414. The maximum absolute atomic E-state index is 11.7. The molecule has 5 nitrogen and oxygen atoms in total. The van der Waals surface area contributed by atoms with Gasteiger partial charge < -0.3 is 10.0 Å². The van der Waals surface area contributed by atoms with E-state index in [2.05, 4.69) is 14.9 Å². The van der Waals surface area contributed by atoms with Gasteiger partial charge in [0.1, 0.15) is 12.1 Å². The molecule has 108 valence electrons. The van der Waals surface area contributed by atoms with Crippen molar-refractivity contribution in [1.29, 1.82) is 0 Å². The second-order valence-electron chi connectivity index (χ2n) is 6.26. The van der Waals surface area contributed by atoms with Gasteiger partial charge >= 0.3 is 5.97 Å². The lowest BCUT2D eigenvalue weighted by Crippen LogP contribution is -2.39. The Bertz CT molecular complexity index is 544. The standard InChI is InChI=1S/C15H21N3O2/c1-10(2)15(14(19)20)6-7-18(8-15)13-11-4-3-5-12(11)16-9-17-13/h9-10H,3-8H2,1-2H3,(H,19,20). The molecule has 0 saturated carbocycles. The molecule has 20 heavy (non-hydrogen) atoms. The summed E-state index contributed by atoms with van der Waals surface area (Å²) in [6.07, 6.45) is 5.48. The largest absolute Gasteiger partial charge is 0.481 e. The fourth-order valence-electron chi connectivity index (χ4n) is 3.52. The average Bonchev–Trinajstić information content (AvgIpc) is 3.05. The lowest BCUT2D eigenvalue weighted by atomic mass is 9.76. The fraction of sp³-hybridized carbons (Fsp3) is 0.667. The number of nitrogens with zero attached hydrogens (tertiary/aromatic N) is 3. The van der Waals surface area contributed by atoms with Gasteiger partial charge in [-0.05, 0) is 31.6 Å². The molecular weight excluding hydrogens is 254 g/mol. The molecule has 0 amide bonds. The number of carboxylic acid groups (broad SMARTS) is 1. The minimum atomic E-state index is -0.680. The number of aryl methyl sites for hydroxylation is 1. The van der Waals surface area contributed by atoms with E-state index in [0.29, 0.717) is 13.0 Å². The number of hydrogen-bond donors (Lipinski definition) is 1. The Morgan fingerprint density at radius 2 is 2.20 bits per heavy atom. The molecule has 0 spiro atoms. The van der Waals surface area contributed by atoms with Crippen molar-refractivity contribution in [2.75, 3.05) is 18.0 Å². The number of rotatable bonds is 3. The van der Waals surface area contributed by atoms with Crippen molar-refractivity contribution in [1.82, 2.24) is 9.97 Å². The van der Waals surface area contributed by atoms with Crippen molar-refractivity contribution in [2.24, 2.45) is 11.3 Å². The Hall–Kier alpha value is -1.65. The second kappa shape index (κ2) is 4.72. The highest BCUT2D eigenvalue weighted by Gasteiger charge is 2.48. The molecule has 1 aromatic rings. The summed E-state index contributed by atoms with van der Waals surface area (Å²) in [5, 5.41) is 9.63. The van der Waals surface area contributed by atoms with Crippen molar-refractivity contribution >= 4 is 11.8 Å². The number of anilines is 1. The number of carboxylic acids is 1. The van der Waals surface area contributed by atoms with Crippen LogP contribution >= 0.6 is 0 Å². The lowest BCUT2D eigenvalue weighted by Gasteiger charge is -2.29. The van der Waals surface area contributed by atoms with Crippen LogP contribution in [0.25, 0.3) is 0 Å². The molecule has 2 aliphatic rings. The normalized spacial score (nSPS) is 25.2. The van der Waals surface area contributed by atoms with E-state index in [1.54, 1.807) is 6.33 Å². The molecule has 0 bridgehead atoms. The SMILES string of the molecule is CC(C)C1(C(=O)O)CCN(c2ncnc3c2CCC3)C1. The van der Waals surface area contributed by atoms with E-state index in [-0.39, 0.29) is 5.92 Å². The van der Waals surface area contributed by atoms with Gasteiger partial charge in [-0.15, -0.1) is 0 Å². The zero-order valence-corrected chi connectivity index (χ0v) is 12.1. The first-order valence-corrected chi connectivity index (χ1v) is 7.35. The minimum Gasteiger partial charge on any atom is -0.481 e. The third-order valence-electron chi connectivity index (χ3n) is 4.98. The number of fused-ring (bicyclic) bond motifs is 1. The summed E-state index contributed by atoms with van der Waals surface area (Å²) in [4.78, 5) is 22.7. The molecule has 1 aliphatic carbocycles. The van der Waals surface area contributed by atoms with Crippen LogP contribution in [0, 0.1) is 11.3 Å². The van der Waals surface area contributed by atoms with Gasteiger partial charge in [-0.3, -0.25) is 4.79 Å². The van der Waals surface area contributed by atoms with Gasteiger partial charge in [0.25, 0.3) is 0 Å². The van der Waals surface area contributed by atoms with E-state index in [0.717, 1.165) is 37.3 Å². The molecule has 3 rings (SSSR count). The molecule has 5 heteroatoms. The topological polar surface area (TPSA) is 66.3 Å². The molecule has 0 radical (unpaired) electrons. The van der Waals surface area contributed by atoms with Crippen LogP contribution in [0.1, 0.15) is 37.9 Å². The monoisotopic (exact) mass is 275 g/mol. The van der Waals surface area contributed by atoms with E-state index < -0.39 is 11.4 Å². The van der Waals surface area contributed by atoms with Gasteiger partial charge in [-0.1, -0.05) is 13.8 Å². The highest BCUT2D eigenvalue weighted by Crippen LogP contribution is 2.41. The highest BCUT2D eigenvalue weighted by atomic mass is 16.4. The van der Waals surface area contributed by atoms with Gasteiger partial charge in [0.05, 0.1) is 5.41 Å². The van der Waals surface area contributed by atoms with Crippen LogP contribution in [-0.4, -0.2) is 34.1 Å². The predicted molar refractivity (Wildman–Crippen MR) is 75.8 cm³/mol. The minimum absolute atomic E-state index is 0.125. The van der Waals surface area contributed by atoms with E-state index in [1.165, 1.54) is 5.56 Å². The molecule has 1 saturated heterocycles. The Morgan fingerprint density at radius 3 is 2.85 bits per heavy atom. The number of hydrogen-bond acceptors (Lipinski definition) is 4. The van der Waals surface area contributed by atoms with Crippen molar-refractivity contribution in [3.8, 4) is 0 Å². The van der Waals surface area contributed by atoms with Crippen molar-refractivity contribution in [3.63, 3.8) is 0 Å². The molecule has 2 heterocycles. The quantitative estimate of drug-likeness (QED) is 0.912. The first kappa shape index (κ1) is 13.3. The average molecular weight is 275 g/mol. The molecular formula is C15H21N3O2. The maximum atomic E-state index is 11.7. The summed E-state index contributed by atoms with van der Waals surface area (Å²) in [6, 6.07) is 0. The fourth-order valence-corrected chi connectivity index (χ4v) is 3.52. The lowest BCUT2D eigenvalue weighted by molar-refractivity contribution is -0.150. The Balaban J connectivity index is 1.91. The first-order valence-electron chi connectivity index (χ1n) is 7.35. The number of aromatic nitrogens is 2. The van der Waals surface area contributed by atoms with E-state index in [9.17, 15) is 9.90 Å². The Morgan fingerprint density at radius 1 is 1.40 bits per heavy atom. The van der Waals surface area contributed by atoms with E-state index in [4.69, 9.17) is 0 Å². The zero-order chi connectivity index (χ0) is 14.3. The summed E-state index contributed by atoms with van der Waals surface area (Å²) in [7, 11) is 0. The molecule has 0 aromatic carbocycles. The van der Waals surface area contributed by atoms with Crippen LogP contribution in [0.5, 0.6) is 0 Å². The van der Waals surface area contributed by atoms with Crippen LogP contribution in [0.15, 0.2) is 6.33 Å². The van der Waals surface area contributed by atoms with Gasteiger partial charge in [0.2, 0.25) is 0 Å². The van der Waals surface area contributed by atoms with Crippen molar-refractivity contribution in [2.45, 2.75) is 39.5 Å². The first-order chi connectivity index (χ1) is 9.54.